The molecule has 1 amide bonds. The molecule has 0 atom stereocenters. The van der Waals surface area contributed by atoms with Gasteiger partial charge in [0.1, 0.15) is 5.75 Å². The summed E-state index contributed by atoms with van der Waals surface area (Å²) in [6.45, 7) is 0.610. The minimum atomic E-state index is -0.103. The van der Waals surface area contributed by atoms with Gasteiger partial charge in [-0.1, -0.05) is 48.5 Å². The quantitative estimate of drug-likeness (QED) is 0.505. The highest BCUT2D eigenvalue weighted by Crippen LogP contribution is 2.41. The number of methoxy groups -OCH3 is 1. The molecule has 3 aromatic rings. The van der Waals surface area contributed by atoms with E-state index in [0.29, 0.717) is 33.9 Å². The van der Waals surface area contributed by atoms with Crippen LogP contribution >= 0.6 is 11.8 Å². The lowest BCUT2D eigenvalue weighted by molar-refractivity contribution is -0.122. The molecule has 1 saturated heterocycles. The SMILES string of the molecule is COc1cc2c(cc1/C=C1/SC(=Nc3ccccc3)N(Cc3ccccc3)C1=O)OCO2. The molecule has 2 aliphatic rings. The van der Waals surface area contributed by atoms with E-state index in [1.54, 1.807) is 18.1 Å². The average molecular weight is 445 g/mol. The van der Waals surface area contributed by atoms with E-state index >= 15 is 0 Å². The topological polar surface area (TPSA) is 60.4 Å². The minimum Gasteiger partial charge on any atom is -0.496 e. The summed E-state index contributed by atoms with van der Waals surface area (Å²) in [5.41, 5.74) is 2.57. The van der Waals surface area contributed by atoms with E-state index in [2.05, 4.69) is 0 Å². The van der Waals surface area contributed by atoms with Crippen molar-refractivity contribution in [1.82, 2.24) is 4.90 Å². The second-order valence-corrected chi connectivity index (χ2v) is 8.17. The molecule has 6 nitrogen and oxygen atoms in total. The number of benzene rings is 3. The first kappa shape index (κ1) is 20.2. The number of carbonyl (C=O) groups excluding carboxylic acids is 1. The number of amidine groups is 1. The summed E-state index contributed by atoms with van der Waals surface area (Å²) in [6, 6.07) is 23.1. The summed E-state index contributed by atoms with van der Waals surface area (Å²) in [5.74, 6) is 1.77. The van der Waals surface area contributed by atoms with Gasteiger partial charge in [0.15, 0.2) is 16.7 Å². The third kappa shape index (κ3) is 4.07. The van der Waals surface area contributed by atoms with Gasteiger partial charge in [-0.15, -0.1) is 0 Å². The van der Waals surface area contributed by atoms with Crippen molar-refractivity contribution in [3.63, 3.8) is 0 Å². The van der Waals surface area contributed by atoms with Crippen molar-refractivity contribution >= 4 is 34.6 Å². The number of thioether (sulfide) groups is 1. The summed E-state index contributed by atoms with van der Waals surface area (Å²) >= 11 is 1.35. The number of ether oxygens (including phenoxy) is 3. The predicted molar refractivity (Wildman–Crippen MR) is 125 cm³/mol. The molecule has 2 heterocycles. The number of fused-ring (bicyclic) bond motifs is 1. The van der Waals surface area contributed by atoms with Crippen molar-refractivity contribution in [1.29, 1.82) is 0 Å². The van der Waals surface area contributed by atoms with E-state index in [-0.39, 0.29) is 12.7 Å². The highest BCUT2D eigenvalue weighted by molar-refractivity contribution is 8.18. The van der Waals surface area contributed by atoms with Crippen molar-refractivity contribution in [2.75, 3.05) is 13.9 Å². The fourth-order valence-corrected chi connectivity index (χ4v) is 4.47. The van der Waals surface area contributed by atoms with Gasteiger partial charge in [0.25, 0.3) is 5.91 Å². The van der Waals surface area contributed by atoms with Gasteiger partial charge in [-0.2, -0.15) is 0 Å². The molecule has 0 radical (unpaired) electrons. The van der Waals surface area contributed by atoms with Gasteiger partial charge in [0, 0.05) is 11.6 Å². The molecule has 0 aromatic heterocycles. The lowest BCUT2D eigenvalue weighted by Crippen LogP contribution is -2.28. The van der Waals surface area contributed by atoms with Crippen molar-refractivity contribution in [2.45, 2.75) is 6.54 Å². The van der Waals surface area contributed by atoms with Gasteiger partial charge < -0.3 is 14.2 Å². The summed E-state index contributed by atoms with van der Waals surface area (Å²) in [5, 5.41) is 0.635. The molecule has 0 unspecified atom stereocenters. The highest BCUT2D eigenvalue weighted by atomic mass is 32.2. The van der Waals surface area contributed by atoms with Crippen LogP contribution in [0.2, 0.25) is 0 Å². The fourth-order valence-electron chi connectivity index (χ4n) is 3.48. The number of hydrogen-bond acceptors (Lipinski definition) is 6. The number of nitrogens with zero attached hydrogens (tertiary/aromatic N) is 2. The summed E-state index contributed by atoms with van der Waals surface area (Å²) in [7, 11) is 1.59. The third-order valence-electron chi connectivity index (χ3n) is 5.06. The first-order valence-electron chi connectivity index (χ1n) is 10.1. The standard InChI is InChI=1S/C25H20N2O4S/c1-29-20-14-22-21(30-16-31-22)12-18(20)13-23-24(28)27(15-17-8-4-2-5-9-17)25(32-23)26-19-10-6-3-7-11-19/h2-14H,15-16H2,1H3/b23-13+,26-25?. The Labute approximate surface area is 190 Å². The zero-order valence-electron chi connectivity index (χ0n) is 17.4. The van der Waals surface area contributed by atoms with Gasteiger partial charge in [0.2, 0.25) is 6.79 Å². The Morgan fingerprint density at radius 2 is 1.72 bits per heavy atom. The third-order valence-corrected chi connectivity index (χ3v) is 6.07. The lowest BCUT2D eigenvalue weighted by Gasteiger charge is -2.15. The van der Waals surface area contributed by atoms with E-state index in [0.717, 1.165) is 16.8 Å². The van der Waals surface area contributed by atoms with Crippen LogP contribution < -0.4 is 14.2 Å². The first-order chi connectivity index (χ1) is 15.7. The molecule has 0 aliphatic carbocycles. The Morgan fingerprint density at radius 1 is 1.03 bits per heavy atom. The minimum absolute atomic E-state index is 0.103. The predicted octanol–water partition coefficient (Wildman–Crippen LogP) is 5.23. The zero-order valence-corrected chi connectivity index (χ0v) is 18.2. The number of carbonyl (C=O) groups is 1. The molecule has 7 heteroatoms. The van der Waals surface area contributed by atoms with Crippen LogP contribution in [0.25, 0.3) is 6.08 Å². The molecule has 0 bridgehead atoms. The van der Waals surface area contributed by atoms with E-state index in [1.165, 1.54) is 11.8 Å². The van der Waals surface area contributed by atoms with E-state index in [1.807, 2.05) is 72.8 Å². The van der Waals surface area contributed by atoms with Gasteiger partial charge in [-0.05, 0) is 41.6 Å². The summed E-state index contributed by atoms with van der Waals surface area (Å²) in [4.78, 5) is 20.4. The summed E-state index contributed by atoms with van der Waals surface area (Å²) < 4.78 is 16.4. The Bertz CT molecular complexity index is 1210. The normalized spacial score (nSPS) is 17.4. The van der Waals surface area contributed by atoms with Crippen LogP contribution in [-0.4, -0.2) is 29.9 Å². The second-order valence-electron chi connectivity index (χ2n) is 7.16. The average Bonchev–Trinajstić information content (AvgIpc) is 3.39. The molecule has 0 spiro atoms. The van der Waals surface area contributed by atoms with Crippen LogP contribution in [0.3, 0.4) is 0 Å². The number of rotatable bonds is 5. The monoisotopic (exact) mass is 444 g/mol. The number of hydrogen-bond donors (Lipinski definition) is 0. The molecular weight excluding hydrogens is 424 g/mol. The molecule has 3 aromatic carbocycles. The van der Waals surface area contributed by atoms with Gasteiger partial charge in [-0.3, -0.25) is 9.69 Å². The Hall–Kier alpha value is -3.71. The Balaban J connectivity index is 1.53. The number of aliphatic imine (C=N–C) groups is 1. The maximum atomic E-state index is 13.4. The lowest BCUT2D eigenvalue weighted by atomic mass is 10.1. The molecule has 2 aliphatic heterocycles. The zero-order chi connectivity index (χ0) is 21.9. The van der Waals surface area contributed by atoms with Crippen LogP contribution in [0.5, 0.6) is 17.2 Å². The van der Waals surface area contributed by atoms with Crippen LogP contribution in [0.1, 0.15) is 11.1 Å². The maximum Gasteiger partial charge on any atom is 0.267 e. The number of amides is 1. The highest BCUT2D eigenvalue weighted by Gasteiger charge is 2.34. The second kappa shape index (κ2) is 8.80. The van der Waals surface area contributed by atoms with Crippen LogP contribution in [0, 0.1) is 0 Å². The summed E-state index contributed by atoms with van der Waals surface area (Å²) in [6.07, 6.45) is 1.82. The van der Waals surface area contributed by atoms with Gasteiger partial charge in [0.05, 0.1) is 24.2 Å². The van der Waals surface area contributed by atoms with E-state index in [4.69, 9.17) is 19.2 Å². The van der Waals surface area contributed by atoms with Crippen molar-refractivity contribution < 1.29 is 19.0 Å². The van der Waals surface area contributed by atoms with E-state index in [9.17, 15) is 4.79 Å². The van der Waals surface area contributed by atoms with Crippen LogP contribution in [0.15, 0.2) is 82.7 Å². The van der Waals surface area contributed by atoms with Crippen LogP contribution in [-0.2, 0) is 11.3 Å². The largest absolute Gasteiger partial charge is 0.496 e. The maximum absolute atomic E-state index is 13.4. The molecule has 32 heavy (non-hydrogen) atoms. The van der Waals surface area contributed by atoms with Crippen LogP contribution in [0.4, 0.5) is 5.69 Å². The van der Waals surface area contributed by atoms with Crippen molar-refractivity contribution in [3.05, 3.63) is 88.8 Å². The smallest absolute Gasteiger partial charge is 0.267 e. The Morgan fingerprint density at radius 3 is 2.44 bits per heavy atom. The first-order valence-corrected chi connectivity index (χ1v) is 10.9. The fraction of sp³-hybridized carbons (Fsp3) is 0.120. The number of para-hydroxylation sites is 1. The molecule has 5 rings (SSSR count). The Kier molecular flexibility index (Phi) is 5.56. The van der Waals surface area contributed by atoms with E-state index < -0.39 is 0 Å². The van der Waals surface area contributed by atoms with Crippen molar-refractivity contribution in [3.8, 4) is 17.2 Å². The molecule has 0 saturated carbocycles. The molecule has 0 N–H and O–H groups in total. The van der Waals surface area contributed by atoms with Crippen molar-refractivity contribution in [2.24, 2.45) is 4.99 Å². The molecule has 160 valence electrons. The van der Waals surface area contributed by atoms with Gasteiger partial charge in [-0.25, -0.2) is 4.99 Å². The molecule has 1 fully saturated rings. The van der Waals surface area contributed by atoms with Gasteiger partial charge >= 0.3 is 0 Å². The molecular formula is C25H20N2O4S.